The first-order valence-electron chi connectivity index (χ1n) is 8.15. The molecule has 0 aromatic heterocycles. The highest BCUT2D eigenvalue weighted by molar-refractivity contribution is 5.94. The Balaban J connectivity index is 1.65. The minimum absolute atomic E-state index is 0.00294. The summed E-state index contributed by atoms with van der Waals surface area (Å²) in [6.07, 6.45) is 0. The first kappa shape index (κ1) is 16.6. The van der Waals surface area contributed by atoms with Gasteiger partial charge in [0.15, 0.2) is 0 Å². The lowest BCUT2D eigenvalue weighted by atomic mass is 9.95. The number of amides is 1. The second kappa shape index (κ2) is 7.11. The molecule has 1 unspecified atom stereocenters. The van der Waals surface area contributed by atoms with Crippen LogP contribution in [-0.4, -0.2) is 36.0 Å². The van der Waals surface area contributed by atoms with Crippen LogP contribution in [0.5, 0.6) is 0 Å². The fourth-order valence-electron chi connectivity index (χ4n) is 3.21. The third-order valence-corrected chi connectivity index (χ3v) is 4.64. The maximum Gasteiger partial charge on any atom is 0.241 e. The standard InChI is InChI=1S/C19H22FN3O/c1-13(19(24)22-16-9-5-8-15(20)10-16)23-11-17(18(21)12-23)14-6-3-2-4-7-14/h2-10,13,17-18H,11-12,21H2,1H3,(H,22,24)/t13?,17-,18+/m0/s1. The zero-order chi connectivity index (χ0) is 17.1. The largest absolute Gasteiger partial charge is 0.326 e. The van der Waals surface area contributed by atoms with Gasteiger partial charge in [-0.2, -0.15) is 0 Å². The number of halogens is 1. The topological polar surface area (TPSA) is 58.4 Å². The monoisotopic (exact) mass is 327 g/mol. The van der Waals surface area contributed by atoms with Gasteiger partial charge in [-0.25, -0.2) is 4.39 Å². The summed E-state index contributed by atoms with van der Waals surface area (Å²) < 4.78 is 13.2. The van der Waals surface area contributed by atoms with Gasteiger partial charge in [0.2, 0.25) is 5.91 Å². The average molecular weight is 327 g/mol. The zero-order valence-electron chi connectivity index (χ0n) is 13.7. The number of hydrogen-bond acceptors (Lipinski definition) is 3. The lowest BCUT2D eigenvalue weighted by Crippen LogP contribution is -2.41. The Hall–Kier alpha value is -2.24. The van der Waals surface area contributed by atoms with Gasteiger partial charge in [-0.3, -0.25) is 9.69 Å². The Bertz CT molecular complexity index is 707. The van der Waals surface area contributed by atoms with E-state index in [1.165, 1.54) is 17.7 Å². The minimum Gasteiger partial charge on any atom is -0.326 e. The number of anilines is 1. The third-order valence-electron chi connectivity index (χ3n) is 4.64. The van der Waals surface area contributed by atoms with Crippen LogP contribution in [0.3, 0.4) is 0 Å². The Morgan fingerprint density at radius 1 is 1.21 bits per heavy atom. The summed E-state index contributed by atoms with van der Waals surface area (Å²) in [5.41, 5.74) is 7.96. The van der Waals surface area contributed by atoms with Gasteiger partial charge >= 0.3 is 0 Å². The Morgan fingerprint density at radius 2 is 1.96 bits per heavy atom. The van der Waals surface area contributed by atoms with E-state index in [0.717, 1.165) is 6.54 Å². The normalized spacial score (nSPS) is 22.3. The second-order valence-corrected chi connectivity index (χ2v) is 6.31. The number of rotatable bonds is 4. The van der Waals surface area contributed by atoms with E-state index in [9.17, 15) is 9.18 Å². The summed E-state index contributed by atoms with van der Waals surface area (Å²) in [6, 6.07) is 15.7. The van der Waals surface area contributed by atoms with Crippen molar-refractivity contribution in [2.24, 2.45) is 5.73 Å². The van der Waals surface area contributed by atoms with Crippen molar-refractivity contribution in [1.82, 2.24) is 4.90 Å². The molecule has 1 fully saturated rings. The Kier molecular flexibility index (Phi) is 4.92. The van der Waals surface area contributed by atoms with E-state index in [-0.39, 0.29) is 29.7 Å². The van der Waals surface area contributed by atoms with E-state index in [4.69, 9.17) is 5.73 Å². The highest BCUT2D eigenvalue weighted by Crippen LogP contribution is 2.27. The molecule has 2 aromatic rings. The molecule has 3 N–H and O–H groups in total. The molecule has 126 valence electrons. The highest BCUT2D eigenvalue weighted by Gasteiger charge is 2.35. The molecule has 1 aliphatic heterocycles. The van der Waals surface area contributed by atoms with E-state index < -0.39 is 0 Å². The highest BCUT2D eigenvalue weighted by atomic mass is 19.1. The maximum absolute atomic E-state index is 13.2. The molecule has 0 radical (unpaired) electrons. The minimum atomic E-state index is -0.368. The molecule has 3 atom stereocenters. The summed E-state index contributed by atoms with van der Waals surface area (Å²) >= 11 is 0. The molecule has 24 heavy (non-hydrogen) atoms. The number of nitrogens with one attached hydrogen (secondary N) is 1. The summed E-state index contributed by atoms with van der Waals surface area (Å²) in [5, 5.41) is 2.77. The summed E-state index contributed by atoms with van der Waals surface area (Å²) in [4.78, 5) is 14.5. The molecule has 0 aliphatic carbocycles. The molecule has 1 amide bonds. The van der Waals surface area contributed by atoms with Crippen LogP contribution >= 0.6 is 0 Å². The van der Waals surface area contributed by atoms with Crippen molar-refractivity contribution in [3.63, 3.8) is 0 Å². The van der Waals surface area contributed by atoms with Crippen LogP contribution in [0.15, 0.2) is 54.6 Å². The molecule has 1 aliphatic rings. The van der Waals surface area contributed by atoms with Crippen LogP contribution in [0.25, 0.3) is 0 Å². The van der Waals surface area contributed by atoms with Gasteiger partial charge < -0.3 is 11.1 Å². The summed E-state index contributed by atoms with van der Waals surface area (Å²) in [5.74, 6) is -0.301. The molecule has 4 nitrogen and oxygen atoms in total. The number of benzene rings is 2. The van der Waals surface area contributed by atoms with Crippen molar-refractivity contribution >= 4 is 11.6 Å². The summed E-state index contributed by atoms with van der Waals surface area (Å²) in [6.45, 7) is 3.26. The van der Waals surface area contributed by atoms with E-state index >= 15 is 0 Å². The molecular formula is C19H22FN3O. The van der Waals surface area contributed by atoms with Crippen molar-refractivity contribution in [3.05, 3.63) is 66.0 Å². The summed E-state index contributed by atoms with van der Waals surface area (Å²) in [7, 11) is 0. The number of likely N-dealkylation sites (tertiary alicyclic amines) is 1. The third kappa shape index (κ3) is 3.63. The van der Waals surface area contributed by atoms with Crippen LogP contribution in [0.1, 0.15) is 18.4 Å². The van der Waals surface area contributed by atoms with E-state index in [1.807, 2.05) is 25.1 Å². The average Bonchev–Trinajstić information content (AvgIpc) is 2.96. The molecule has 0 spiro atoms. The fourth-order valence-corrected chi connectivity index (χ4v) is 3.21. The number of carbonyl (C=O) groups excluding carboxylic acids is 1. The van der Waals surface area contributed by atoms with Gasteiger partial charge in [0.05, 0.1) is 6.04 Å². The van der Waals surface area contributed by atoms with Crippen LogP contribution in [-0.2, 0) is 4.79 Å². The van der Waals surface area contributed by atoms with E-state index in [2.05, 4.69) is 22.3 Å². The molecule has 5 heteroatoms. The first-order valence-corrected chi connectivity index (χ1v) is 8.15. The zero-order valence-corrected chi connectivity index (χ0v) is 13.7. The lowest BCUT2D eigenvalue weighted by molar-refractivity contribution is -0.120. The second-order valence-electron chi connectivity index (χ2n) is 6.31. The molecule has 0 bridgehead atoms. The first-order chi connectivity index (χ1) is 11.5. The molecule has 0 saturated carbocycles. The molecular weight excluding hydrogens is 305 g/mol. The predicted octanol–water partition coefficient (Wildman–Crippen LogP) is 2.58. The van der Waals surface area contributed by atoms with Crippen molar-refractivity contribution in [1.29, 1.82) is 0 Å². The predicted molar refractivity (Wildman–Crippen MR) is 93.2 cm³/mol. The van der Waals surface area contributed by atoms with Crippen molar-refractivity contribution in [2.75, 3.05) is 18.4 Å². The van der Waals surface area contributed by atoms with E-state index in [1.54, 1.807) is 12.1 Å². The Labute approximate surface area is 141 Å². The van der Waals surface area contributed by atoms with Crippen molar-refractivity contribution in [3.8, 4) is 0 Å². The van der Waals surface area contributed by atoms with Gasteiger partial charge in [0, 0.05) is 30.7 Å². The molecule has 2 aromatic carbocycles. The molecule has 1 saturated heterocycles. The molecule has 3 rings (SSSR count). The van der Waals surface area contributed by atoms with Crippen molar-refractivity contribution in [2.45, 2.75) is 24.9 Å². The SMILES string of the molecule is CC(C(=O)Nc1cccc(F)c1)N1C[C@@H](N)[C@H](c2ccccc2)C1. The van der Waals surface area contributed by atoms with Crippen LogP contribution in [0.2, 0.25) is 0 Å². The lowest BCUT2D eigenvalue weighted by Gasteiger charge is -2.23. The van der Waals surface area contributed by atoms with Crippen LogP contribution in [0, 0.1) is 5.82 Å². The van der Waals surface area contributed by atoms with Gasteiger partial charge in [-0.15, -0.1) is 0 Å². The van der Waals surface area contributed by atoms with Crippen LogP contribution in [0.4, 0.5) is 10.1 Å². The quantitative estimate of drug-likeness (QED) is 0.907. The van der Waals surface area contributed by atoms with Gasteiger partial charge in [0.25, 0.3) is 0 Å². The Morgan fingerprint density at radius 3 is 2.67 bits per heavy atom. The number of nitrogens with two attached hydrogens (primary N) is 1. The van der Waals surface area contributed by atoms with Crippen LogP contribution < -0.4 is 11.1 Å². The smallest absolute Gasteiger partial charge is 0.241 e. The number of hydrogen-bond donors (Lipinski definition) is 2. The fraction of sp³-hybridized carbons (Fsp3) is 0.316. The van der Waals surface area contributed by atoms with E-state index in [0.29, 0.717) is 12.2 Å². The number of nitrogens with zero attached hydrogens (tertiary/aromatic N) is 1. The van der Waals surface area contributed by atoms with Crippen molar-refractivity contribution < 1.29 is 9.18 Å². The number of carbonyl (C=O) groups is 1. The van der Waals surface area contributed by atoms with Gasteiger partial charge in [-0.1, -0.05) is 36.4 Å². The maximum atomic E-state index is 13.2. The van der Waals surface area contributed by atoms with Gasteiger partial charge in [0.1, 0.15) is 5.82 Å². The molecule has 1 heterocycles. The van der Waals surface area contributed by atoms with Gasteiger partial charge in [-0.05, 0) is 30.7 Å².